The van der Waals surface area contributed by atoms with Crippen LogP contribution in [0.15, 0.2) is 0 Å². The minimum atomic E-state index is -0.333. The number of carbonyl (C=O) groups excluding carboxylic acids is 2. The third kappa shape index (κ3) is 7.40. The summed E-state index contributed by atoms with van der Waals surface area (Å²) in [6, 6.07) is 0. The van der Waals surface area contributed by atoms with Gasteiger partial charge in [0.2, 0.25) is 5.91 Å². The summed E-state index contributed by atoms with van der Waals surface area (Å²) in [7, 11) is 2.91. The number of carbonyl (C=O) groups is 2. The molecule has 7 nitrogen and oxygen atoms in total. The van der Waals surface area contributed by atoms with E-state index < -0.39 is 0 Å². The molecule has 1 saturated heterocycles. The molecule has 0 aromatic carbocycles. The number of amides is 1. The van der Waals surface area contributed by atoms with Gasteiger partial charge in [-0.05, 0) is 12.8 Å². The lowest BCUT2D eigenvalue weighted by atomic mass is 10.2. The zero-order chi connectivity index (χ0) is 15.5. The van der Waals surface area contributed by atoms with E-state index in [1.165, 1.54) is 7.11 Å². The predicted octanol–water partition coefficient (Wildman–Crippen LogP) is 0.220. The fraction of sp³-hybridized carbons (Fsp3) is 0.857. The van der Waals surface area contributed by atoms with Crippen molar-refractivity contribution >= 4 is 11.9 Å². The number of hydrogen-bond donors (Lipinski definition) is 0. The van der Waals surface area contributed by atoms with E-state index in [1.807, 2.05) is 0 Å². The summed E-state index contributed by atoms with van der Waals surface area (Å²) in [6.07, 6.45) is 2.17. The monoisotopic (exact) mass is 303 g/mol. The zero-order valence-electron chi connectivity index (χ0n) is 12.8. The summed E-state index contributed by atoms with van der Waals surface area (Å²) >= 11 is 0. The van der Waals surface area contributed by atoms with Crippen LogP contribution in [0.5, 0.6) is 0 Å². The van der Waals surface area contributed by atoms with Gasteiger partial charge in [-0.1, -0.05) is 0 Å². The molecule has 0 aromatic heterocycles. The second-order valence-electron chi connectivity index (χ2n) is 4.85. The van der Waals surface area contributed by atoms with Crippen LogP contribution in [0, 0.1) is 0 Å². The highest BCUT2D eigenvalue weighted by Gasteiger charge is 2.23. The first kappa shape index (κ1) is 17.9. The summed E-state index contributed by atoms with van der Waals surface area (Å²) < 4.78 is 20.2. The van der Waals surface area contributed by atoms with Crippen molar-refractivity contribution in [2.75, 3.05) is 53.7 Å². The molecule has 1 unspecified atom stereocenters. The predicted molar refractivity (Wildman–Crippen MR) is 74.9 cm³/mol. The molecule has 1 atom stereocenters. The van der Waals surface area contributed by atoms with Crippen molar-refractivity contribution in [2.24, 2.45) is 0 Å². The Kier molecular flexibility index (Phi) is 8.96. The normalized spacial score (nSPS) is 17.7. The van der Waals surface area contributed by atoms with E-state index in [-0.39, 0.29) is 31.0 Å². The van der Waals surface area contributed by atoms with Gasteiger partial charge in [-0.2, -0.15) is 0 Å². The zero-order valence-corrected chi connectivity index (χ0v) is 12.8. The number of rotatable bonds is 10. The van der Waals surface area contributed by atoms with Gasteiger partial charge in [-0.3, -0.25) is 9.59 Å². The van der Waals surface area contributed by atoms with Crippen molar-refractivity contribution in [3.8, 4) is 0 Å². The van der Waals surface area contributed by atoms with Crippen molar-refractivity contribution in [3.05, 3.63) is 0 Å². The van der Waals surface area contributed by atoms with Crippen LogP contribution in [0.4, 0.5) is 0 Å². The van der Waals surface area contributed by atoms with Gasteiger partial charge in [0.25, 0.3) is 0 Å². The summed E-state index contributed by atoms with van der Waals surface area (Å²) in [5.74, 6) is -0.481. The second kappa shape index (κ2) is 10.5. The maximum atomic E-state index is 12.1. The van der Waals surface area contributed by atoms with Gasteiger partial charge in [0.05, 0.1) is 32.8 Å². The maximum absolute atomic E-state index is 12.1. The topological polar surface area (TPSA) is 74.3 Å². The van der Waals surface area contributed by atoms with E-state index >= 15 is 0 Å². The molecule has 1 aliphatic heterocycles. The molecule has 0 aliphatic carbocycles. The highest BCUT2D eigenvalue weighted by Crippen LogP contribution is 2.13. The van der Waals surface area contributed by atoms with Gasteiger partial charge in [0, 0.05) is 26.8 Å². The Labute approximate surface area is 125 Å². The summed E-state index contributed by atoms with van der Waals surface area (Å²) in [5.41, 5.74) is 0. The molecule has 0 N–H and O–H groups in total. The largest absolute Gasteiger partial charge is 0.469 e. The third-order valence-electron chi connectivity index (χ3n) is 3.27. The summed E-state index contributed by atoms with van der Waals surface area (Å²) in [5, 5.41) is 0. The Balaban J connectivity index is 2.40. The van der Waals surface area contributed by atoms with Crippen molar-refractivity contribution in [2.45, 2.75) is 25.4 Å². The van der Waals surface area contributed by atoms with Crippen LogP contribution in [0.2, 0.25) is 0 Å². The molecule has 7 heteroatoms. The van der Waals surface area contributed by atoms with Crippen LogP contribution in [0.1, 0.15) is 19.3 Å². The standard InChI is InChI=1S/C14H25NO6/c1-18-8-9-20-11-13(16)15(6-5-14(17)19-2)10-12-4-3-7-21-12/h12H,3-11H2,1-2H3. The number of esters is 1. The molecule has 1 heterocycles. The van der Waals surface area contributed by atoms with E-state index in [0.29, 0.717) is 26.3 Å². The van der Waals surface area contributed by atoms with Crippen molar-refractivity contribution in [1.29, 1.82) is 0 Å². The molecule has 122 valence electrons. The van der Waals surface area contributed by atoms with Crippen molar-refractivity contribution in [1.82, 2.24) is 4.90 Å². The average molecular weight is 303 g/mol. The van der Waals surface area contributed by atoms with Gasteiger partial charge in [0.1, 0.15) is 6.61 Å². The van der Waals surface area contributed by atoms with E-state index in [9.17, 15) is 9.59 Å². The Morgan fingerprint density at radius 2 is 2.10 bits per heavy atom. The molecule has 0 spiro atoms. The average Bonchev–Trinajstić information content (AvgIpc) is 3.00. The lowest BCUT2D eigenvalue weighted by Gasteiger charge is -2.25. The molecule has 1 fully saturated rings. The van der Waals surface area contributed by atoms with Crippen LogP contribution in [0.25, 0.3) is 0 Å². The van der Waals surface area contributed by atoms with Crippen LogP contribution in [-0.2, 0) is 28.5 Å². The van der Waals surface area contributed by atoms with Crippen LogP contribution in [0.3, 0.4) is 0 Å². The van der Waals surface area contributed by atoms with Crippen molar-refractivity contribution < 1.29 is 28.5 Å². The highest BCUT2D eigenvalue weighted by atomic mass is 16.5. The van der Waals surface area contributed by atoms with Gasteiger partial charge in [-0.15, -0.1) is 0 Å². The van der Waals surface area contributed by atoms with E-state index in [1.54, 1.807) is 12.0 Å². The lowest BCUT2D eigenvalue weighted by Crippen LogP contribution is -2.41. The van der Waals surface area contributed by atoms with E-state index in [2.05, 4.69) is 4.74 Å². The second-order valence-corrected chi connectivity index (χ2v) is 4.85. The van der Waals surface area contributed by atoms with E-state index in [4.69, 9.17) is 14.2 Å². The van der Waals surface area contributed by atoms with Gasteiger partial charge in [0.15, 0.2) is 0 Å². The number of nitrogens with zero attached hydrogens (tertiary/aromatic N) is 1. The molecule has 0 bridgehead atoms. The first-order valence-corrected chi connectivity index (χ1v) is 7.20. The van der Waals surface area contributed by atoms with E-state index in [0.717, 1.165) is 19.4 Å². The van der Waals surface area contributed by atoms with Crippen LogP contribution >= 0.6 is 0 Å². The SMILES string of the molecule is COCCOCC(=O)N(CCC(=O)OC)CC1CCCO1. The number of ether oxygens (including phenoxy) is 4. The molecule has 1 amide bonds. The first-order valence-electron chi connectivity index (χ1n) is 7.20. The fourth-order valence-electron chi connectivity index (χ4n) is 2.07. The summed E-state index contributed by atoms with van der Waals surface area (Å²) in [6.45, 7) is 2.34. The molecule has 0 radical (unpaired) electrons. The summed E-state index contributed by atoms with van der Waals surface area (Å²) in [4.78, 5) is 25.0. The third-order valence-corrected chi connectivity index (χ3v) is 3.27. The first-order chi connectivity index (χ1) is 10.2. The Hall–Kier alpha value is -1.18. The number of hydrogen-bond acceptors (Lipinski definition) is 6. The quantitative estimate of drug-likeness (QED) is 0.424. The molecular weight excluding hydrogens is 278 g/mol. The highest BCUT2D eigenvalue weighted by molar-refractivity contribution is 5.78. The minimum Gasteiger partial charge on any atom is -0.469 e. The molecule has 1 rings (SSSR count). The van der Waals surface area contributed by atoms with Gasteiger partial charge >= 0.3 is 5.97 Å². The minimum absolute atomic E-state index is 0.0166. The Morgan fingerprint density at radius 1 is 1.29 bits per heavy atom. The molecular formula is C14H25NO6. The maximum Gasteiger partial charge on any atom is 0.307 e. The van der Waals surface area contributed by atoms with Crippen LogP contribution in [-0.4, -0.2) is 76.6 Å². The number of methoxy groups -OCH3 is 2. The fourth-order valence-corrected chi connectivity index (χ4v) is 2.07. The van der Waals surface area contributed by atoms with Gasteiger partial charge < -0.3 is 23.8 Å². The Morgan fingerprint density at radius 3 is 2.71 bits per heavy atom. The molecule has 0 saturated carbocycles. The molecule has 0 aromatic rings. The van der Waals surface area contributed by atoms with Gasteiger partial charge in [-0.25, -0.2) is 0 Å². The Bertz CT molecular complexity index is 317. The van der Waals surface area contributed by atoms with Crippen LogP contribution < -0.4 is 0 Å². The lowest BCUT2D eigenvalue weighted by molar-refractivity contribution is -0.143. The molecule has 1 aliphatic rings. The molecule has 21 heavy (non-hydrogen) atoms. The smallest absolute Gasteiger partial charge is 0.307 e. The van der Waals surface area contributed by atoms with Crippen molar-refractivity contribution in [3.63, 3.8) is 0 Å².